The number of benzene rings is 2. The average molecular weight is 429 g/mol. The minimum Gasteiger partial charge on any atom is -0.475 e. The number of nitrogens with two attached hydrogens (primary N) is 2. The highest BCUT2D eigenvalue weighted by Gasteiger charge is 2.15. The largest absolute Gasteiger partial charge is 0.475 e. The standard InChI is InChI=1S/C24H23N5O3/c1-30-13-14-31-20-15-19(11-12-27-20)32-18-9-7-16(8-10-18)21-22(17-5-3-2-4-6-17)28-24(26)29-23(21)25/h2-12,15H,13-14H2,1H3,(H4,25,26,28,29). The van der Waals surface area contributed by atoms with Crippen molar-refractivity contribution in [1.29, 1.82) is 0 Å². The Balaban J connectivity index is 1.58. The maximum atomic E-state index is 6.23. The van der Waals surface area contributed by atoms with E-state index in [4.69, 9.17) is 25.7 Å². The van der Waals surface area contributed by atoms with E-state index in [0.717, 1.165) is 16.7 Å². The highest BCUT2D eigenvalue weighted by atomic mass is 16.5. The minimum atomic E-state index is 0.131. The van der Waals surface area contributed by atoms with Gasteiger partial charge in [0.15, 0.2) is 0 Å². The Kier molecular flexibility index (Phi) is 6.43. The number of rotatable bonds is 8. The van der Waals surface area contributed by atoms with E-state index in [2.05, 4.69) is 15.0 Å². The maximum Gasteiger partial charge on any atom is 0.222 e. The zero-order valence-corrected chi connectivity index (χ0v) is 17.6. The summed E-state index contributed by atoms with van der Waals surface area (Å²) in [5.74, 6) is 2.18. The van der Waals surface area contributed by atoms with Crippen LogP contribution in [-0.4, -0.2) is 35.3 Å². The Morgan fingerprint density at radius 3 is 2.34 bits per heavy atom. The summed E-state index contributed by atoms with van der Waals surface area (Å²) in [4.78, 5) is 12.8. The van der Waals surface area contributed by atoms with E-state index < -0.39 is 0 Å². The molecule has 162 valence electrons. The number of nitrogens with zero attached hydrogens (tertiary/aromatic N) is 3. The molecule has 0 spiro atoms. The van der Waals surface area contributed by atoms with E-state index in [1.807, 2.05) is 54.6 Å². The molecule has 4 rings (SSSR count). The van der Waals surface area contributed by atoms with Gasteiger partial charge in [0, 0.05) is 24.9 Å². The Morgan fingerprint density at radius 2 is 1.59 bits per heavy atom. The van der Waals surface area contributed by atoms with Gasteiger partial charge in [0.1, 0.15) is 23.9 Å². The van der Waals surface area contributed by atoms with Gasteiger partial charge in [-0.3, -0.25) is 0 Å². The molecule has 0 unspecified atom stereocenters. The third-order valence-electron chi connectivity index (χ3n) is 4.62. The highest BCUT2D eigenvalue weighted by molar-refractivity contribution is 5.88. The molecule has 0 aliphatic rings. The van der Waals surface area contributed by atoms with Gasteiger partial charge in [0.2, 0.25) is 11.8 Å². The van der Waals surface area contributed by atoms with Crippen LogP contribution in [0.4, 0.5) is 11.8 Å². The van der Waals surface area contributed by atoms with Gasteiger partial charge in [-0.25, -0.2) is 9.97 Å². The van der Waals surface area contributed by atoms with Crippen molar-refractivity contribution in [3.05, 3.63) is 72.9 Å². The molecule has 0 atom stereocenters. The van der Waals surface area contributed by atoms with Crippen molar-refractivity contribution >= 4 is 11.8 Å². The molecule has 0 fully saturated rings. The monoisotopic (exact) mass is 429 g/mol. The lowest BCUT2D eigenvalue weighted by Crippen LogP contribution is -2.05. The van der Waals surface area contributed by atoms with Gasteiger partial charge in [0.05, 0.1) is 17.9 Å². The molecule has 0 amide bonds. The minimum absolute atomic E-state index is 0.131. The Morgan fingerprint density at radius 1 is 0.812 bits per heavy atom. The summed E-state index contributed by atoms with van der Waals surface area (Å²) < 4.78 is 16.5. The smallest absolute Gasteiger partial charge is 0.222 e. The Labute approximate surface area is 185 Å². The van der Waals surface area contributed by atoms with Crippen molar-refractivity contribution in [2.75, 3.05) is 31.8 Å². The Bertz CT molecular complexity index is 1180. The van der Waals surface area contributed by atoms with Gasteiger partial charge in [-0.1, -0.05) is 42.5 Å². The molecule has 2 aromatic carbocycles. The zero-order valence-electron chi connectivity index (χ0n) is 17.6. The van der Waals surface area contributed by atoms with Gasteiger partial charge in [-0.05, 0) is 23.8 Å². The van der Waals surface area contributed by atoms with Crippen LogP contribution in [0.5, 0.6) is 17.4 Å². The first-order chi connectivity index (χ1) is 15.6. The third kappa shape index (κ3) is 4.93. The molecule has 0 bridgehead atoms. The van der Waals surface area contributed by atoms with Crippen LogP contribution in [0, 0.1) is 0 Å². The lowest BCUT2D eigenvalue weighted by atomic mass is 9.99. The summed E-state index contributed by atoms with van der Waals surface area (Å²) in [5.41, 5.74) is 15.2. The lowest BCUT2D eigenvalue weighted by molar-refractivity contribution is 0.143. The molecule has 4 aromatic rings. The summed E-state index contributed by atoms with van der Waals surface area (Å²) in [6.07, 6.45) is 1.63. The van der Waals surface area contributed by atoms with E-state index in [-0.39, 0.29) is 5.95 Å². The fourth-order valence-corrected chi connectivity index (χ4v) is 3.17. The summed E-state index contributed by atoms with van der Waals surface area (Å²) >= 11 is 0. The van der Waals surface area contributed by atoms with Gasteiger partial charge in [0.25, 0.3) is 0 Å². The van der Waals surface area contributed by atoms with Crippen LogP contribution in [0.3, 0.4) is 0 Å². The van der Waals surface area contributed by atoms with E-state index in [9.17, 15) is 0 Å². The van der Waals surface area contributed by atoms with Crippen molar-refractivity contribution in [2.45, 2.75) is 0 Å². The van der Waals surface area contributed by atoms with E-state index in [0.29, 0.717) is 42.1 Å². The predicted molar refractivity (Wildman–Crippen MR) is 123 cm³/mol. The molecule has 2 aromatic heterocycles. The molecule has 0 saturated carbocycles. The van der Waals surface area contributed by atoms with E-state index >= 15 is 0 Å². The summed E-state index contributed by atoms with van der Waals surface area (Å²) in [6, 6.07) is 20.7. The summed E-state index contributed by atoms with van der Waals surface area (Å²) in [7, 11) is 1.62. The lowest BCUT2D eigenvalue weighted by Gasteiger charge is -2.13. The van der Waals surface area contributed by atoms with Crippen LogP contribution < -0.4 is 20.9 Å². The molecule has 8 nitrogen and oxygen atoms in total. The van der Waals surface area contributed by atoms with Crippen LogP contribution in [0.25, 0.3) is 22.4 Å². The fraction of sp³-hybridized carbons (Fsp3) is 0.125. The number of pyridine rings is 1. The average Bonchev–Trinajstić information content (AvgIpc) is 2.80. The van der Waals surface area contributed by atoms with Gasteiger partial charge in [-0.15, -0.1) is 0 Å². The van der Waals surface area contributed by atoms with Gasteiger partial charge in [-0.2, -0.15) is 4.98 Å². The number of nitrogen functional groups attached to an aromatic ring is 2. The molecular weight excluding hydrogens is 406 g/mol. The molecular formula is C24H23N5O3. The second kappa shape index (κ2) is 9.76. The number of hydrogen-bond donors (Lipinski definition) is 2. The van der Waals surface area contributed by atoms with Crippen LogP contribution in [0.1, 0.15) is 0 Å². The molecule has 2 heterocycles. The summed E-state index contributed by atoms with van der Waals surface area (Å²) in [6.45, 7) is 0.896. The second-order valence-electron chi connectivity index (χ2n) is 6.85. The number of methoxy groups -OCH3 is 1. The number of aromatic nitrogens is 3. The normalized spacial score (nSPS) is 10.7. The summed E-state index contributed by atoms with van der Waals surface area (Å²) in [5, 5.41) is 0. The van der Waals surface area contributed by atoms with Gasteiger partial charge >= 0.3 is 0 Å². The number of anilines is 2. The fourth-order valence-electron chi connectivity index (χ4n) is 3.17. The quantitative estimate of drug-likeness (QED) is 0.400. The third-order valence-corrected chi connectivity index (χ3v) is 4.62. The van der Waals surface area contributed by atoms with Crippen molar-refractivity contribution in [2.24, 2.45) is 0 Å². The first-order valence-electron chi connectivity index (χ1n) is 9.98. The van der Waals surface area contributed by atoms with Crippen LogP contribution in [0.2, 0.25) is 0 Å². The van der Waals surface area contributed by atoms with E-state index in [1.54, 1.807) is 25.4 Å². The Hall–Kier alpha value is -4.17. The maximum absolute atomic E-state index is 6.23. The number of ether oxygens (including phenoxy) is 3. The molecule has 0 saturated heterocycles. The first-order valence-corrected chi connectivity index (χ1v) is 9.98. The van der Waals surface area contributed by atoms with Crippen LogP contribution in [-0.2, 0) is 4.74 Å². The molecule has 4 N–H and O–H groups in total. The second-order valence-corrected chi connectivity index (χ2v) is 6.85. The topological polar surface area (TPSA) is 118 Å². The highest BCUT2D eigenvalue weighted by Crippen LogP contribution is 2.36. The number of hydrogen-bond acceptors (Lipinski definition) is 8. The van der Waals surface area contributed by atoms with Crippen molar-refractivity contribution < 1.29 is 14.2 Å². The first kappa shape index (κ1) is 21.1. The molecule has 8 heteroatoms. The van der Waals surface area contributed by atoms with Crippen molar-refractivity contribution in [3.8, 4) is 39.8 Å². The predicted octanol–water partition coefficient (Wildman–Crippen LogP) is 4.19. The van der Waals surface area contributed by atoms with Crippen LogP contribution in [0.15, 0.2) is 72.9 Å². The molecule has 0 aliphatic heterocycles. The molecule has 32 heavy (non-hydrogen) atoms. The SMILES string of the molecule is COCCOc1cc(Oc2ccc(-c3c(N)nc(N)nc3-c3ccccc3)cc2)ccn1. The zero-order chi connectivity index (χ0) is 22.3. The molecule has 0 aliphatic carbocycles. The van der Waals surface area contributed by atoms with E-state index in [1.165, 1.54) is 0 Å². The van der Waals surface area contributed by atoms with Crippen LogP contribution >= 0.6 is 0 Å². The van der Waals surface area contributed by atoms with Crippen molar-refractivity contribution in [3.63, 3.8) is 0 Å². The van der Waals surface area contributed by atoms with Gasteiger partial charge < -0.3 is 25.7 Å². The molecule has 0 radical (unpaired) electrons. The van der Waals surface area contributed by atoms with Crippen molar-refractivity contribution in [1.82, 2.24) is 15.0 Å².